The molecule has 0 atom stereocenters. The largest absolute Gasteiger partial charge is 0.311 e. The SMILES string of the molecule is O=Cc1ccc(-c2sc3c(-c4ccc(N(c5ccccc5)c5ccccc5)cc4)c(-c4ccc(C=O)cc4)sc3c2-c2ccc(N(c3ccccc3)c3ccccc3)cc2)cc1. The Morgan fingerprint density at radius 1 is 0.290 bits per heavy atom. The zero-order valence-electron chi connectivity index (χ0n) is 33.5. The average Bonchev–Trinajstić information content (AvgIpc) is 3.90. The molecule has 0 saturated heterocycles. The highest BCUT2D eigenvalue weighted by atomic mass is 32.1. The van der Waals surface area contributed by atoms with E-state index in [1.165, 1.54) is 9.40 Å². The van der Waals surface area contributed by atoms with Crippen LogP contribution in [0.3, 0.4) is 0 Å². The summed E-state index contributed by atoms with van der Waals surface area (Å²) in [5.41, 5.74) is 14.3. The summed E-state index contributed by atoms with van der Waals surface area (Å²) in [6.07, 6.45) is 1.78. The quantitative estimate of drug-likeness (QED) is 0.115. The summed E-state index contributed by atoms with van der Waals surface area (Å²) in [6.45, 7) is 0. The van der Waals surface area contributed by atoms with Crippen LogP contribution in [0.2, 0.25) is 0 Å². The second-order valence-corrected chi connectivity index (χ2v) is 16.9. The zero-order valence-corrected chi connectivity index (χ0v) is 35.1. The maximum absolute atomic E-state index is 11.8. The molecule has 6 heteroatoms. The Bertz CT molecular complexity index is 2810. The number of carbonyl (C=O) groups is 2. The summed E-state index contributed by atoms with van der Waals surface area (Å²) >= 11 is 3.57. The molecule has 8 aromatic carbocycles. The first kappa shape index (κ1) is 38.6. The van der Waals surface area contributed by atoms with Gasteiger partial charge >= 0.3 is 0 Å². The van der Waals surface area contributed by atoms with E-state index in [-0.39, 0.29) is 0 Å². The van der Waals surface area contributed by atoms with Crippen molar-refractivity contribution in [1.29, 1.82) is 0 Å². The summed E-state index contributed by atoms with van der Waals surface area (Å²) in [4.78, 5) is 30.3. The third-order valence-corrected chi connectivity index (χ3v) is 13.7. The van der Waals surface area contributed by atoms with Crippen molar-refractivity contribution in [3.8, 4) is 43.1 Å². The van der Waals surface area contributed by atoms with Crippen LogP contribution in [0.15, 0.2) is 218 Å². The van der Waals surface area contributed by atoms with Gasteiger partial charge in [-0.1, -0.05) is 146 Å². The molecule has 2 aromatic heterocycles. The number of anilines is 6. The highest BCUT2D eigenvalue weighted by molar-refractivity contribution is 7.33. The number of hydrogen-bond acceptors (Lipinski definition) is 6. The number of aldehydes is 2. The van der Waals surface area contributed by atoms with E-state index in [1.807, 2.05) is 48.5 Å². The van der Waals surface area contributed by atoms with E-state index in [1.54, 1.807) is 22.7 Å². The van der Waals surface area contributed by atoms with Crippen molar-refractivity contribution in [2.75, 3.05) is 9.80 Å². The minimum absolute atomic E-state index is 0.641. The molecular formula is C56H38N2O2S2. The Hall–Kier alpha value is -7.64. The molecule has 0 fully saturated rings. The maximum Gasteiger partial charge on any atom is 0.150 e. The van der Waals surface area contributed by atoms with Crippen LogP contribution in [-0.2, 0) is 0 Å². The third-order valence-electron chi connectivity index (χ3n) is 11.0. The predicted octanol–water partition coefficient (Wildman–Crippen LogP) is 16.2. The predicted molar refractivity (Wildman–Crippen MR) is 262 cm³/mol. The average molecular weight is 835 g/mol. The summed E-state index contributed by atoms with van der Waals surface area (Å²) in [5, 5.41) is 0. The summed E-state index contributed by atoms with van der Waals surface area (Å²) in [5.74, 6) is 0. The molecule has 0 spiro atoms. The molecule has 62 heavy (non-hydrogen) atoms. The van der Waals surface area contributed by atoms with Gasteiger partial charge < -0.3 is 9.80 Å². The van der Waals surface area contributed by atoms with Crippen LogP contribution in [0.5, 0.6) is 0 Å². The smallest absolute Gasteiger partial charge is 0.150 e. The lowest BCUT2D eigenvalue weighted by Gasteiger charge is -2.25. The normalized spacial score (nSPS) is 11.0. The van der Waals surface area contributed by atoms with Gasteiger partial charge in [0.2, 0.25) is 0 Å². The Labute approximate surface area is 368 Å². The Kier molecular flexibility index (Phi) is 10.7. The number of rotatable bonds is 12. The van der Waals surface area contributed by atoms with Gasteiger partial charge in [-0.05, 0) is 95.1 Å². The van der Waals surface area contributed by atoms with Crippen molar-refractivity contribution in [2.45, 2.75) is 0 Å². The highest BCUT2D eigenvalue weighted by Gasteiger charge is 2.26. The number of nitrogens with zero attached hydrogens (tertiary/aromatic N) is 2. The van der Waals surface area contributed by atoms with Crippen LogP contribution in [0.1, 0.15) is 20.7 Å². The molecule has 0 N–H and O–H groups in total. The Morgan fingerprint density at radius 2 is 0.548 bits per heavy atom. The molecule has 296 valence electrons. The van der Waals surface area contributed by atoms with E-state index in [0.29, 0.717) is 11.1 Å². The molecule has 10 rings (SSSR count). The van der Waals surface area contributed by atoms with Gasteiger partial charge in [0.1, 0.15) is 12.6 Å². The summed E-state index contributed by atoms with van der Waals surface area (Å²) in [6, 6.07) is 75.3. The number of fused-ring (bicyclic) bond motifs is 1. The molecular weight excluding hydrogens is 797 g/mol. The van der Waals surface area contributed by atoms with Crippen molar-refractivity contribution in [1.82, 2.24) is 0 Å². The molecule has 0 aliphatic carbocycles. The topological polar surface area (TPSA) is 40.6 Å². The number of thiophene rings is 2. The van der Waals surface area contributed by atoms with E-state index >= 15 is 0 Å². The van der Waals surface area contributed by atoms with Gasteiger partial charge in [0.05, 0.1) is 9.40 Å². The summed E-state index contributed by atoms with van der Waals surface area (Å²) < 4.78 is 2.37. The molecule has 0 bridgehead atoms. The van der Waals surface area contributed by atoms with E-state index in [2.05, 4.69) is 180 Å². The molecule has 0 aliphatic heterocycles. The van der Waals surface area contributed by atoms with Crippen molar-refractivity contribution < 1.29 is 9.59 Å². The second kappa shape index (κ2) is 17.1. The van der Waals surface area contributed by atoms with Gasteiger partial charge in [-0.3, -0.25) is 9.59 Å². The zero-order chi connectivity index (χ0) is 41.8. The van der Waals surface area contributed by atoms with Crippen LogP contribution < -0.4 is 9.80 Å². The van der Waals surface area contributed by atoms with Gasteiger partial charge in [0, 0.05) is 66.1 Å². The molecule has 10 aromatic rings. The van der Waals surface area contributed by atoms with Crippen LogP contribution in [0.25, 0.3) is 52.5 Å². The fourth-order valence-electron chi connectivity index (χ4n) is 8.05. The minimum Gasteiger partial charge on any atom is -0.311 e. The first-order valence-electron chi connectivity index (χ1n) is 20.4. The van der Waals surface area contributed by atoms with Crippen molar-refractivity contribution in [3.05, 3.63) is 230 Å². The van der Waals surface area contributed by atoms with Crippen LogP contribution >= 0.6 is 22.7 Å². The van der Waals surface area contributed by atoms with E-state index < -0.39 is 0 Å². The number of para-hydroxylation sites is 4. The molecule has 0 radical (unpaired) electrons. The van der Waals surface area contributed by atoms with Crippen LogP contribution in [0, 0.1) is 0 Å². The van der Waals surface area contributed by atoms with Crippen molar-refractivity contribution >= 4 is 78.8 Å². The molecule has 0 unspecified atom stereocenters. The Morgan fingerprint density at radius 3 is 0.823 bits per heavy atom. The Balaban J connectivity index is 1.16. The first-order valence-corrected chi connectivity index (χ1v) is 22.0. The number of hydrogen-bond donors (Lipinski definition) is 0. The van der Waals surface area contributed by atoms with Gasteiger partial charge in [0.25, 0.3) is 0 Å². The minimum atomic E-state index is 0.641. The fraction of sp³-hybridized carbons (Fsp3) is 0. The van der Waals surface area contributed by atoms with Gasteiger partial charge in [-0.25, -0.2) is 0 Å². The first-order chi connectivity index (χ1) is 30.7. The number of carbonyl (C=O) groups excluding carboxylic acids is 2. The van der Waals surface area contributed by atoms with Gasteiger partial charge in [0.15, 0.2) is 0 Å². The lowest BCUT2D eigenvalue weighted by Crippen LogP contribution is -2.09. The van der Waals surface area contributed by atoms with Gasteiger partial charge in [-0.15, -0.1) is 22.7 Å². The third kappa shape index (κ3) is 7.43. The molecule has 0 saturated carbocycles. The van der Waals surface area contributed by atoms with E-state index in [0.717, 1.165) is 89.8 Å². The van der Waals surface area contributed by atoms with Crippen molar-refractivity contribution in [3.63, 3.8) is 0 Å². The van der Waals surface area contributed by atoms with Gasteiger partial charge in [-0.2, -0.15) is 0 Å². The van der Waals surface area contributed by atoms with Crippen LogP contribution in [-0.4, -0.2) is 12.6 Å². The number of benzene rings is 8. The highest BCUT2D eigenvalue weighted by Crippen LogP contribution is 2.55. The van der Waals surface area contributed by atoms with Crippen molar-refractivity contribution in [2.24, 2.45) is 0 Å². The van der Waals surface area contributed by atoms with E-state index in [9.17, 15) is 9.59 Å². The monoisotopic (exact) mass is 834 g/mol. The molecule has 4 nitrogen and oxygen atoms in total. The lowest BCUT2D eigenvalue weighted by molar-refractivity contribution is 0.111. The maximum atomic E-state index is 11.8. The van der Waals surface area contributed by atoms with Crippen LogP contribution in [0.4, 0.5) is 34.1 Å². The van der Waals surface area contributed by atoms with E-state index in [4.69, 9.17) is 0 Å². The molecule has 2 heterocycles. The standard InChI is InChI=1S/C56H38N2O2S2/c59-37-39-21-25-43(26-22-39)53-51(41-29-33-49(34-30-41)57(45-13-5-1-6-14-45)46-15-7-2-8-16-46)55-56(61-53)52(54(62-55)44-27-23-40(38-60)24-28-44)42-31-35-50(36-32-42)58(47-17-9-3-10-18-47)48-19-11-4-12-20-48/h1-38H. The molecule has 0 aliphatic rings. The molecule has 0 amide bonds. The summed E-state index contributed by atoms with van der Waals surface area (Å²) in [7, 11) is 0. The second-order valence-electron chi connectivity index (χ2n) is 14.9. The fourth-order valence-corrected chi connectivity index (χ4v) is 11.0. The lowest BCUT2D eigenvalue weighted by atomic mass is 9.98.